The Hall–Kier alpha value is -2.09. The number of aryl methyl sites for hydroxylation is 1. The summed E-state index contributed by atoms with van der Waals surface area (Å²) in [6.07, 6.45) is 1.84. The summed E-state index contributed by atoms with van der Waals surface area (Å²) in [5.74, 6) is -0.786. The molecule has 0 saturated carbocycles. The maximum Gasteiger partial charge on any atom is 0.317 e. The number of hydrogen-bond acceptors (Lipinski definition) is 4. The minimum absolute atomic E-state index is 0.0888. The molecule has 2 amide bonds. The van der Waals surface area contributed by atoms with Crippen LogP contribution < -0.4 is 5.32 Å². The number of nitrogens with one attached hydrogen (secondary N) is 1. The fraction of sp³-hybridized carbons (Fsp3) is 0.615. The number of carbonyl (C=O) groups is 2. The fourth-order valence-electron chi connectivity index (χ4n) is 2.28. The second-order valence-corrected chi connectivity index (χ2v) is 5.08. The van der Waals surface area contributed by atoms with Crippen LogP contribution in [0.25, 0.3) is 0 Å². The molecule has 0 aromatic carbocycles. The van der Waals surface area contributed by atoms with Gasteiger partial charge in [0.05, 0.1) is 18.7 Å². The largest absolute Gasteiger partial charge is 0.481 e. The van der Waals surface area contributed by atoms with Crippen LogP contribution >= 0.6 is 0 Å². The van der Waals surface area contributed by atoms with Gasteiger partial charge >= 0.3 is 12.0 Å². The van der Waals surface area contributed by atoms with E-state index in [1.165, 1.54) is 0 Å². The summed E-state index contributed by atoms with van der Waals surface area (Å²) in [7, 11) is 1.84. The standard InChI is InChI=1S/C13H21N5O3/c1-16-11(2-4-15-16)10-14-13(21)18-8-6-17(7-9-18)5-3-12(19)20/h2,4H,3,5-10H2,1H3,(H,14,21)(H,19,20). The van der Waals surface area contributed by atoms with Gasteiger partial charge in [0.2, 0.25) is 0 Å². The molecule has 2 N–H and O–H groups in total. The third-order valence-electron chi connectivity index (χ3n) is 3.64. The van der Waals surface area contributed by atoms with Crippen LogP contribution in [0.4, 0.5) is 4.79 Å². The number of carboxylic acids is 1. The number of urea groups is 1. The topological polar surface area (TPSA) is 90.7 Å². The van der Waals surface area contributed by atoms with Gasteiger partial charge in [-0.2, -0.15) is 5.10 Å². The van der Waals surface area contributed by atoms with Crippen LogP contribution in [0.3, 0.4) is 0 Å². The van der Waals surface area contributed by atoms with Gasteiger partial charge in [0, 0.05) is 46.0 Å². The van der Waals surface area contributed by atoms with Gasteiger partial charge in [0.25, 0.3) is 0 Å². The SMILES string of the molecule is Cn1nccc1CNC(=O)N1CCN(CCC(=O)O)CC1. The third-order valence-corrected chi connectivity index (χ3v) is 3.64. The molecule has 1 aliphatic rings. The van der Waals surface area contributed by atoms with Crippen molar-refractivity contribution in [3.8, 4) is 0 Å². The summed E-state index contributed by atoms with van der Waals surface area (Å²) in [4.78, 5) is 26.4. The number of nitrogens with zero attached hydrogens (tertiary/aromatic N) is 4. The summed E-state index contributed by atoms with van der Waals surface area (Å²) in [5, 5.41) is 15.6. The van der Waals surface area contributed by atoms with Crippen LogP contribution in [0, 0.1) is 0 Å². The monoisotopic (exact) mass is 295 g/mol. The van der Waals surface area contributed by atoms with Crippen LogP contribution in [-0.2, 0) is 18.4 Å². The highest BCUT2D eigenvalue weighted by atomic mass is 16.4. The predicted octanol–water partition coefficient (Wildman–Crippen LogP) is -0.278. The number of rotatable bonds is 5. The quantitative estimate of drug-likeness (QED) is 0.780. The second-order valence-electron chi connectivity index (χ2n) is 5.08. The van der Waals surface area contributed by atoms with Crippen molar-refractivity contribution < 1.29 is 14.7 Å². The average molecular weight is 295 g/mol. The number of carboxylic acid groups (broad SMARTS) is 1. The first-order valence-electron chi connectivity index (χ1n) is 7.00. The van der Waals surface area contributed by atoms with E-state index < -0.39 is 5.97 Å². The second kappa shape index (κ2) is 7.07. The van der Waals surface area contributed by atoms with Crippen molar-refractivity contribution in [2.45, 2.75) is 13.0 Å². The van der Waals surface area contributed by atoms with Gasteiger partial charge in [-0.15, -0.1) is 0 Å². The molecule has 0 spiro atoms. The van der Waals surface area contributed by atoms with Gasteiger partial charge in [-0.3, -0.25) is 14.4 Å². The number of aliphatic carboxylic acids is 1. The van der Waals surface area contributed by atoms with Crippen LogP contribution in [-0.4, -0.2) is 69.4 Å². The van der Waals surface area contributed by atoms with Crippen molar-refractivity contribution in [1.29, 1.82) is 0 Å². The Kier molecular flexibility index (Phi) is 5.15. The maximum absolute atomic E-state index is 12.0. The molecule has 8 heteroatoms. The lowest BCUT2D eigenvalue weighted by atomic mass is 10.3. The summed E-state index contributed by atoms with van der Waals surface area (Å²) < 4.78 is 1.73. The number of carbonyl (C=O) groups excluding carboxylic acids is 1. The van der Waals surface area contributed by atoms with E-state index in [0.717, 1.165) is 5.69 Å². The molecule has 1 aliphatic heterocycles. The van der Waals surface area contributed by atoms with E-state index in [-0.39, 0.29) is 12.5 Å². The Balaban J connectivity index is 1.70. The van der Waals surface area contributed by atoms with E-state index in [4.69, 9.17) is 5.11 Å². The highest BCUT2D eigenvalue weighted by molar-refractivity contribution is 5.74. The van der Waals surface area contributed by atoms with Gasteiger partial charge < -0.3 is 15.3 Å². The number of hydrogen-bond donors (Lipinski definition) is 2. The Bertz CT molecular complexity index is 494. The fourth-order valence-corrected chi connectivity index (χ4v) is 2.28. The van der Waals surface area contributed by atoms with Gasteiger partial charge in [-0.1, -0.05) is 0 Å². The molecule has 0 aliphatic carbocycles. The molecule has 0 bridgehead atoms. The van der Waals surface area contributed by atoms with E-state index in [9.17, 15) is 9.59 Å². The molecule has 0 radical (unpaired) electrons. The van der Waals surface area contributed by atoms with E-state index in [2.05, 4.69) is 15.3 Å². The van der Waals surface area contributed by atoms with Gasteiger partial charge in [-0.25, -0.2) is 4.79 Å². The first-order chi connectivity index (χ1) is 10.1. The van der Waals surface area contributed by atoms with Gasteiger partial charge in [-0.05, 0) is 6.07 Å². The molecule has 21 heavy (non-hydrogen) atoms. The first-order valence-corrected chi connectivity index (χ1v) is 7.00. The highest BCUT2D eigenvalue weighted by Crippen LogP contribution is 2.04. The Morgan fingerprint density at radius 2 is 2.05 bits per heavy atom. The van der Waals surface area contributed by atoms with Crippen molar-refractivity contribution in [3.63, 3.8) is 0 Å². The number of piperazine rings is 1. The lowest BCUT2D eigenvalue weighted by molar-refractivity contribution is -0.137. The normalized spacial score (nSPS) is 16.0. The van der Waals surface area contributed by atoms with E-state index in [1.54, 1.807) is 15.8 Å². The molecule has 2 rings (SSSR count). The van der Waals surface area contributed by atoms with Crippen molar-refractivity contribution >= 4 is 12.0 Å². The zero-order chi connectivity index (χ0) is 15.2. The zero-order valence-corrected chi connectivity index (χ0v) is 12.2. The Labute approximate surface area is 123 Å². The molecule has 8 nitrogen and oxygen atoms in total. The summed E-state index contributed by atoms with van der Waals surface area (Å²) in [6, 6.07) is 1.78. The minimum Gasteiger partial charge on any atom is -0.481 e. The minimum atomic E-state index is -0.786. The van der Waals surface area contributed by atoms with E-state index in [1.807, 2.05) is 13.1 Å². The van der Waals surface area contributed by atoms with Crippen molar-refractivity contribution in [2.75, 3.05) is 32.7 Å². The van der Waals surface area contributed by atoms with Crippen LogP contribution in [0.15, 0.2) is 12.3 Å². The van der Waals surface area contributed by atoms with E-state index >= 15 is 0 Å². The summed E-state index contributed by atoms with van der Waals surface area (Å²) >= 11 is 0. The van der Waals surface area contributed by atoms with Crippen LogP contribution in [0.2, 0.25) is 0 Å². The molecule has 116 valence electrons. The molecular formula is C13H21N5O3. The highest BCUT2D eigenvalue weighted by Gasteiger charge is 2.21. The van der Waals surface area contributed by atoms with E-state index in [0.29, 0.717) is 39.3 Å². The van der Waals surface area contributed by atoms with Crippen molar-refractivity contribution in [3.05, 3.63) is 18.0 Å². The molecule has 2 heterocycles. The molecule has 1 saturated heterocycles. The Morgan fingerprint density at radius 3 is 2.62 bits per heavy atom. The number of aromatic nitrogens is 2. The Morgan fingerprint density at radius 1 is 1.33 bits per heavy atom. The van der Waals surface area contributed by atoms with Crippen molar-refractivity contribution in [1.82, 2.24) is 24.9 Å². The predicted molar refractivity (Wildman–Crippen MR) is 75.7 cm³/mol. The van der Waals surface area contributed by atoms with Gasteiger partial charge in [0.1, 0.15) is 0 Å². The lowest BCUT2D eigenvalue weighted by Crippen LogP contribution is -2.51. The van der Waals surface area contributed by atoms with Crippen LogP contribution in [0.5, 0.6) is 0 Å². The molecule has 0 unspecified atom stereocenters. The number of amides is 2. The molecule has 1 fully saturated rings. The molecule has 1 aromatic rings. The smallest absolute Gasteiger partial charge is 0.317 e. The van der Waals surface area contributed by atoms with Crippen molar-refractivity contribution in [2.24, 2.45) is 7.05 Å². The van der Waals surface area contributed by atoms with Gasteiger partial charge in [0.15, 0.2) is 0 Å². The maximum atomic E-state index is 12.0. The summed E-state index contributed by atoms with van der Waals surface area (Å²) in [6.45, 7) is 3.67. The molecule has 0 atom stereocenters. The van der Waals surface area contributed by atoms with Crippen LogP contribution in [0.1, 0.15) is 12.1 Å². The lowest BCUT2D eigenvalue weighted by Gasteiger charge is -2.34. The first kappa shape index (κ1) is 15.3. The summed E-state index contributed by atoms with van der Waals surface area (Å²) in [5.41, 5.74) is 0.948. The molecular weight excluding hydrogens is 274 g/mol. The molecule has 1 aromatic heterocycles. The third kappa shape index (κ3) is 4.45. The average Bonchev–Trinajstić information content (AvgIpc) is 2.88. The zero-order valence-electron chi connectivity index (χ0n) is 12.2.